The number of carbonyl (C=O) groups is 3. The van der Waals surface area contributed by atoms with Crippen molar-refractivity contribution < 1.29 is 29.0 Å². The first-order valence-corrected chi connectivity index (χ1v) is 10.9. The zero-order chi connectivity index (χ0) is 25.0. The van der Waals surface area contributed by atoms with Gasteiger partial charge in [-0.2, -0.15) is 0 Å². The Bertz CT molecular complexity index is 1330. The third kappa shape index (κ3) is 4.33. The second-order valence-corrected chi connectivity index (χ2v) is 10.2. The van der Waals surface area contributed by atoms with Crippen LogP contribution in [0.2, 0.25) is 0 Å². The second kappa shape index (κ2) is 7.86. The zero-order valence-corrected chi connectivity index (χ0v) is 20.0. The molecular weight excluding hydrogens is 438 g/mol. The van der Waals surface area contributed by atoms with Gasteiger partial charge < -0.3 is 14.6 Å². The number of nitrogens with zero attached hydrogens (tertiary/aromatic N) is 3. The monoisotopic (exact) mass is 465 g/mol. The summed E-state index contributed by atoms with van der Waals surface area (Å²) in [4.78, 5) is 43.3. The lowest BCUT2D eigenvalue weighted by Crippen LogP contribution is -2.36. The smallest absolute Gasteiger partial charge is 0.421 e. The zero-order valence-electron chi connectivity index (χ0n) is 20.0. The number of carbonyl (C=O) groups excluding carboxylic acids is 3. The molecule has 3 heterocycles. The van der Waals surface area contributed by atoms with E-state index in [9.17, 15) is 19.5 Å². The fraction of sp³-hybridized carbons (Fsp3) is 0.360. The molecule has 3 aromatic rings. The molecule has 0 fully saturated rings. The van der Waals surface area contributed by atoms with Gasteiger partial charge in [0.15, 0.2) is 0 Å². The topological polar surface area (TPSA) is 111 Å². The maximum atomic E-state index is 12.7. The predicted molar refractivity (Wildman–Crippen MR) is 125 cm³/mol. The van der Waals surface area contributed by atoms with Gasteiger partial charge in [0.25, 0.3) is 5.91 Å². The number of amides is 2. The van der Waals surface area contributed by atoms with Gasteiger partial charge in [0.1, 0.15) is 11.2 Å². The van der Waals surface area contributed by atoms with Gasteiger partial charge >= 0.3 is 12.2 Å². The molecule has 178 valence electrons. The second-order valence-electron chi connectivity index (χ2n) is 10.2. The van der Waals surface area contributed by atoms with Crippen LogP contribution >= 0.6 is 0 Å². The van der Waals surface area contributed by atoms with Crippen molar-refractivity contribution in [1.82, 2.24) is 14.5 Å². The summed E-state index contributed by atoms with van der Waals surface area (Å²) in [6.07, 6.45) is 1.65. The molecule has 2 amide bonds. The Morgan fingerprint density at radius 1 is 1.00 bits per heavy atom. The van der Waals surface area contributed by atoms with E-state index in [2.05, 4.69) is 4.98 Å². The van der Waals surface area contributed by atoms with Crippen molar-refractivity contribution in [3.05, 3.63) is 47.8 Å². The maximum absolute atomic E-state index is 12.7. The SMILES string of the molecule is CC(C)(C)OC(=O)N1Cc2cc(-c3nccc4cn(C(=O)OC(C)(C)C)c(O)c34)ccc2C1=O. The minimum Gasteiger partial charge on any atom is -0.494 e. The van der Waals surface area contributed by atoms with Crippen LogP contribution in [0.1, 0.15) is 57.5 Å². The summed E-state index contributed by atoms with van der Waals surface area (Å²) >= 11 is 0. The number of hydrogen-bond acceptors (Lipinski definition) is 7. The molecule has 0 saturated carbocycles. The molecular formula is C25H27N3O6. The van der Waals surface area contributed by atoms with E-state index in [1.807, 2.05) is 0 Å². The highest BCUT2D eigenvalue weighted by Crippen LogP contribution is 2.37. The van der Waals surface area contributed by atoms with Crippen LogP contribution in [0.25, 0.3) is 22.0 Å². The summed E-state index contributed by atoms with van der Waals surface area (Å²) in [6, 6.07) is 6.76. The number of pyridine rings is 1. The van der Waals surface area contributed by atoms with Crippen LogP contribution in [-0.4, -0.2) is 48.9 Å². The van der Waals surface area contributed by atoms with Crippen LogP contribution in [0, 0.1) is 0 Å². The molecule has 1 aliphatic heterocycles. The predicted octanol–water partition coefficient (Wildman–Crippen LogP) is 5.08. The highest BCUT2D eigenvalue weighted by molar-refractivity contribution is 6.07. The van der Waals surface area contributed by atoms with E-state index >= 15 is 0 Å². The number of imide groups is 1. The number of hydrogen-bond donors (Lipinski definition) is 1. The van der Waals surface area contributed by atoms with Gasteiger partial charge in [0, 0.05) is 28.9 Å². The third-order valence-corrected chi connectivity index (χ3v) is 5.09. The van der Waals surface area contributed by atoms with Crippen molar-refractivity contribution in [2.75, 3.05) is 0 Å². The molecule has 0 unspecified atom stereocenters. The lowest BCUT2D eigenvalue weighted by molar-refractivity contribution is 0.0247. The number of ether oxygens (including phenoxy) is 2. The molecule has 0 aliphatic carbocycles. The highest BCUT2D eigenvalue weighted by atomic mass is 16.6. The average Bonchev–Trinajstić information content (AvgIpc) is 3.22. The third-order valence-electron chi connectivity index (χ3n) is 5.09. The molecule has 0 atom stereocenters. The molecule has 9 heteroatoms. The Kier molecular flexibility index (Phi) is 5.38. The number of rotatable bonds is 1. The van der Waals surface area contributed by atoms with Crippen molar-refractivity contribution >= 4 is 28.9 Å². The molecule has 2 aromatic heterocycles. The van der Waals surface area contributed by atoms with Crippen LogP contribution in [0.3, 0.4) is 0 Å². The molecule has 0 radical (unpaired) electrons. The first kappa shape index (κ1) is 23.3. The normalized spacial score (nSPS) is 13.8. The summed E-state index contributed by atoms with van der Waals surface area (Å²) in [5, 5.41) is 11.8. The molecule has 9 nitrogen and oxygen atoms in total. The summed E-state index contributed by atoms with van der Waals surface area (Å²) in [5.41, 5.74) is 0.641. The standard InChI is InChI=1S/C25H27N3O6/c1-24(2,3)33-22(31)27-13-16-11-14(7-8-17(16)20(27)29)19-18-15(9-10-26-19)12-28(21(18)30)23(32)34-25(4,5)6/h7-12,30H,13H2,1-6H3. The molecule has 0 saturated heterocycles. The van der Waals surface area contributed by atoms with Gasteiger partial charge in [-0.25, -0.2) is 19.1 Å². The van der Waals surface area contributed by atoms with Gasteiger partial charge in [0.05, 0.1) is 17.6 Å². The maximum Gasteiger partial charge on any atom is 0.421 e. The Hall–Kier alpha value is -3.88. The van der Waals surface area contributed by atoms with Gasteiger partial charge in [-0.15, -0.1) is 0 Å². The quantitative estimate of drug-likeness (QED) is 0.533. The minimum absolute atomic E-state index is 0.0673. The van der Waals surface area contributed by atoms with Gasteiger partial charge in [-0.1, -0.05) is 6.07 Å². The van der Waals surface area contributed by atoms with E-state index in [0.717, 1.165) is 9.47 Å². The lowest BCUT2D eigenvalue weighted by Gasteiger charge is -2.23. The largest absolute Gasteiger partial charge is 0.494 e. The summed E-state index contributed by atoms with van der Waals surface area (Å²) < 4.78 is 11.8. The Balaban J connectivity index is 1.71. The van der Waals surface area contributed by atoms with E-state index in [4.69, 9.17) is 9.47 Å². The average molecular weight is 466 g/mol. The molecule has 1 aromatic carbocycles. The molecule has 0 spiro atoms. The molecule has 0 bridgehead atoms. The van der Waals surface area contributed by atoms with Crippen molar-refractivity contribution in [3.63, 3.8) is 0 Å². The minimum atomic E-state index is -0.729. The Labute approximate surface area is 196 Å². The Morgan fingerprint density at radius 3 is 2.29 bits per heavy atom. The van der Waals surface area contributed by atoms with Crippen LogP contribution in [0.15, 0.2) is 36.7 Å². The Morgan fingerprint density at radius 2 is 1.65 bits per heavy atom. The van der Waals surface area contributed by atoms with Gasteiger partial charge in [-0.05, 0) is 65.3 Å². The van der Waals surface area contributed by atoms with E-state index in [1.165, 1.54) is 6.20 Å². The van der Waals surface area contributed by atoms with Gasteiger partial charge in [-0.3, -0.25) is 9.78 Å². The first-order valence-electron chi connectivity index (χ1n) is 10.9. The van der Waals surface area contributed by atoms with Crippen LogP contribution in [-0.2, 0) is 16.0 Å². The lowest BCUT2D eigenvalue weighted by atomic mass is 10.0. The van der Waals surface area contributed by atoms with E-state index in [1.54, 1.807) is 72.0 Å². The van der Waals surface area contributed by atoms with Crippen molar-refractivity contribution in [2.45, 2.75) is 59.3 Å². The molecule has 1 aliphatic rings. The summed E-state index contributed by atoms with van der Waals surface area (Å²) in [6.45, 7) is 10.5. The van der Waals surface area contributed by atoms with E-state index in [0.29, 0.717) is 33.2 Å². The molecule has 1 N–H and O–H groups in total. The summed E-state index contributed by atoms with van der Waals surface area (Å²) in [7, 11) is 0. The van der Waals surface area contributed by atoms with E-state index < -0.39 is 29.3 Å². The van der Waals surface area contributed by atoms with Crippen molar-refractivity contribution in [3.8, 4) is 17.1 Å². The van der Waals surface area contributed by atoms with Crippen molar-refractivity contribution in [2.24, 2.45) is 0 Å². The van der Waals surface area contributed by atoms with E-state index in [-0.39, 0.29) is 12.4 Å². The number of aromatic nitrogens is 2. The van der Waals surface area contributed by atoms with Crippen LogP contribution < -0.4 is 0 Å². The fourth-order valence-corrected chi connectivity index (χ4v) is 3.74. The number of fused-ring (bicyclic) bond motifs is 2. The molecule has 4 rings (SSSR count). The fourth-order valence-electron chi connectivity index (χ4n) is 3.74. The highest BCUT2D eigenvalue weighted by Gasteiger charge is 2.35. The van der Waals surface area contributed by atoms with Gasteiger partial charge in [0.2, 0.25) is 5.88 Å². The number of aromatic hydroxyl groups is 1. The molecule has 34 heavy (non-hydrogen) atoms. The van der Waals surface area contributed by atoms with Crippen molar-refractivity contribution in [1.29, 1.82) is 0 Å². The number of benzene rings is 1. The summed E-state index contributed by atoms with van der Waals surface area (Å²) in [5.74, 6) is -0.722. The van der Waals surface area contributed by atoms with Crippen LogP contribution in [0.5, 0.6) is 5.88 Å². The first-order chi connectivity index (χ1) is 15.7. The van der Waals surface area contributed by atoms with Crippen LogP contribution in [0.4, 0.5) is 9.59 Å².